The molecule has 0 amide bonds. The van der Waals surface area contributed by atoms with Gasteiger partial charge in [0.25, 0.3) is 0 Å². The second kappa shape index (κ2) is 5.79. The van der Waals surface area contributed by atoms with Gasteiger partial charge in [-0.25, -0.2) is 0 Å². The highest BCUT2D eigenvalue weighted by Crippen LogP contribution is 2.25. The molecule has 0 N–H and O–H groups in total. The standard InChI is InChI=1S/C17H17BrO/c18-16-8-5-13(6-9-16)12-19-17-10-7-14-3-1-2-4-15(14)11-17/h5-11H,1-4,12H2. The van der Waals surface area contributed by atoms with Crippen molar-refractivity contribution in [3.63, 3.8) is 0 Å². The van der Waals surface area contributed by atoms with Gasteiger partial charge in [0.15, 0.2) is 0 Å². The van der Waals surface area contributed by atoms with Crippen LogP contribution in [0, 0.1) is 0 Å². The normalized spacial score (nSPS) is 13.9. The second-order valence-corrected chi connectivity index (χ2v) is 5.97. The molecule has 0 fully saturated rings. The minimum atomic E-state index is 0.631. The van der Waals surface area contributed by atoms with E-state index in [0.29, 0.717) is 6.61 Å². The molecule has 2 heteroatoms. The summed E-state index contributed by atoms with van der Waals surface area (Å²) in [5.41, 5.74) is 4.17. The molecule has 1 aliphatic rings. The molecule has 0 aliphatic heterocycles. The first-order chi connectivity index (χ1) is 9.31. The molecule has 0 saturated carbocycles. The van der Waals surface area contributed by atoms with Gasteiger partial charge in [-0.1, -0.05) is 34.1 Å². The molecule has 2 aromatic rings. The van der Waals surface area contributed by atoms with E-state index >= 15 is 0 Å². The summed E-state index contributed by atoms with van der Waals surface area (Å²) >= 11 is 3.44. The summed E-state index contributed by atoms with van der Waals surface area (Å²) in [4.78, 5) is 0. The van der Waals surface area contributed by atoms with Crippen LogP contribution in [0.4, 0.5) is 0 Å². The van der Waals surface area contributed by atoms with Gasteiger partial charge in [-0.05, 0) is 66.6 Å². The minimum absolute atomic E-state index is 0.631. The number of aryl methyl sites for hydroxylation is 2. The molecule has 0 bridgehead atoms. The Morgan fingerprint density at radius 2 is 1.63 bits per heavy atom. The molecular weight excluding hydrogens is 300 g/mol. The van der Waals surface area contributed by atoms with Crippen LogP contribution in [0.1, 0.15) is 29.5 Å². The van der Waals surface area contributed by atoms with E-state index in [9.17, 15) is 0 Å². The summed E-state index contributed by atoms with van der Waals surface area (Å²) < 4.78 is 6.98. The summed E-state index contributed by atoms with van der Waals surface area (Å²) in [6.45, 7) is 0.631. The third kappa shape index (κ3) is 3.19. The number of ether oxygens (including phenoxy) is 1. The van der Waals surface area contributed by atoms with Crippen LogP contribution in [0.25, 0.3) is 0 Å². The van der Waals surface area contributed by atoms with Gasteiger partial charge in [-0.2, -0.15) is 0 Å². The summed E-state index contributed by atoms with van der Waals surface area (Å²) in [5.74, 6) is 0.989. The van der Waals surface area contributed by atoms with Gasteiger partial charge in [-0.3, -0.25) is 0 Å². The van der Waals surface area contributed by atoms with Crippen molar-refractivity contribution in [1.29, 1.82) is 0 Å². The summed E-state index contributed by atoms with van der Waals surface area (Å²) in [6, 6.07) is 14.8. The molecule has 1 aliphatic carbocycles. The van der Waals surface area contributed by atoms with Crippen LogP contribution in [0.5, 0.6) is 5.75 Å². The van der Waals surface area contributed by atoms with E-state index < -0.39 is 0 Å². The molecule has 0 spiro atoms. The van der Waals surface area contributed by atoms with E-state index in [-0.39, 0.29) is 0 Å². The van der Waals surface area contributed by atoms with Gasteiger partial charge in [-0.15, -0.1) is 0 Å². The Balaban J connectivity index is 1.68. The van der Waals surface area contributed by atoms with Crippen molar-refractivity contribution in [2.75, 3.05) is 0 Å². The summed E-state index contributed by atoms with van der Waals surface area (Å²) in [6.07, 6.45) is 5.06. The quantitative estimate of drug-likeness (QED) is 0.782. The van der Waals surface area contributed by atoms with Crippen LogP contribution >= 0.6 is 15.9 Å². The third-order valence-electron chi connectivity index (χ3n) is 3.64. The Hall–Kier alpha value is -1.28. The zero-order valence-corrected chi connectivity index (χ0v) is 12.4. The summed E-state index contributed by atoms with van der Waals surface area (Å²) in [7, 11) is 0. The van der Waals surface area contributed by atoms with E-state index in [4.69, 9.17) is 4.74 Å². The van der Waals surface area contributed by atoms with Gasteiger partial charge >= 0.3 is 0 Å². The first kappa shape index (κ1) is 12.7. The predicted octanol–water partition coefficient (Wildman–Crippen LogP) is 4.91. The number of benzene rings is 2. The molecule has 0 saturated heterocycles. The van der Waals surface area contributed by atoms with Crippen molar-refractivity contribution >= 4 is 15.9 Å². The van der Waals surface area contributed by atoms with E-state index in [1.807, 2.05) is 12.1 Å². The lowest BCUT2D eigenvalue weighted by Crippen LogP contribution is -2.03. The fraction of sp³-hybridized carbons (Fsp3) is 0.294. The smallest absolute Gasteiger partial charge is 0.120 e. The van der Waals surface area contributed by atoms with Crippen molar-refractivity contribution in [3.8, 4) is 5.75 Å². The highest BCUT2D eigenvalue weighted by Gasteiger charge is 2.09. The highest BCUT2D eigenvalue weighted by atomic mass is 79.9. The Kier molecular flexibility index (Phi) is 3.88. The SMILES string of the molecule is Brc1ccc(COc2ccc3c(c2)CCCC3)cc1. The van der Waals surface area contributed by atoms with Crippen LogP contribution in [0.2, 0.25) is 0 Å². The number of hydrogen-bond donors (Lipinski definition) is 0. The van der Waals surface area contributed by atoms with E-state index in [0.717, 1.165) is 10.2 Å². The van der Waals surface area contributed by atoms with Crippen molar-refractivity contribution in [1.82, 2.24) is 0 Å². The molecule has 1 nitrogen and oxygen atoms in total. The van der Waals surface area contributed by atoms with Crippen LogP contribution in [-0.4, -0.2) is 0 Å². The third-order valence-corrected chi connectivity index (χ3v) is 4.17. The Morgan fingerprint density at radius 1 is 0.895 bits per heavy atom. The average molecular weight is 317 g/mol. The van der Waals surface area contributed by atoms with Crippen molar-refractivity contribution < 1.29 is 4.74 Å². The molecule has 19 heavy (non-hydrogen) atoms. The molecule has 0 radical (unpaired) electrons. The van der Waals surface area contributed by atoms with Crippen molar-refractivity contribution in [2.45, 2.75) is 32.3 Å². The monoisotopic (exact) mass is 316 g/mol. The lowest BCUT2D eigenvalue weighted by atomic mass is 9.92. The van der Waals surface area contributed by atoms with Gasteiger partial charge in [0.1, 0.15) is 12.4 Å². The minimum Gasteiger partial charge on any atom is -0.489 e. The van der Waals surface area contributed by atoms with Gasteiger partial charge in [0, 0.05) is 4.47 Å². The topological polar surface area (TPSA) is 9.23 Å². The van der Waals surface area contributed by atoms with Gasteiger partial charge in [0.05, 0.1) is 0 Å². The molecule has 0 heterocycles. The van der Waals surface area contributed by atoms with Crippen LogP contribution in [-0.2, 0) is 19.4 Å². The molecule has 0 unspecified atom stereocenters. The number of halogens is 1. The first-order valence-corrected chi connectivity index (χ1v) is 7.59. The Labute approximate surface area is 122 Å². The fourth-order valence-electron chi connectivity index (χ4n) is 2.55. The number of fused-ring (bicyclic) bond motifs is 1. The van der Waals surface area contributed by atoms with Gasteiger partial charge < -0.3 is 4.74 Å². The first-order valence-electron chi connectivity index (χ1n) is 6.80. The maximum Gasteiger partial charge on any atom is 0.120 e. The van der Waals surface area contributed by atoms with Crippen LogP contribution < -0.4 is 4.74 Å². The molecule has 3 rings (SSSR count). The Bertz CT molecular complexity index is 560. The fourth-order valence-corrected chi connectivity index (χ4v) is 2.81. The molecule has 98 valence electrons. The molecule has 2 aromatic carbocycles. The maximum absolute atomic E-state index is 5.88. The largest absolute Gasteiger partial charge is 0.489 e. The second-order valence-electron chi connectivity index (χ2n) is 5.05. The van der Waals surface area contributed by atoms with E-state index in [1.54, 1.807) is 0 Å². The average Bonchev–Trinajstić information content (AvgIpc) is 2.46. The lowest BCUT2D eigenvalue weighted by molar-refractivity contribution is 0.305. The Morgan fingerprint density at radius 3 is 2.42 bits per heavy atom. The van der Waals surface area contributed by atoms with E-state index in [1.165, 1.54) is 42.4 Å². The van der Waals surface area contributed by atoms with Crippen molar-refractivity contribution in [3.05, 3.63) is 63.6 Å². The molecule has 0 atom stereocenters. The molecular formula is C17H17BrO. The zero-order chi connectivity index (χ0) is 13.1. The maximum atomic E-state index is 5.88. The lowest BCUT2D eigenvalue weighted by Gasteiger charge is -2.16. The van der Waals surface area contributed by atoms with E-state index in [2.05, 4.69) is 46.3 Å². The zero-order valence-electron chi connectivity index (χ0n) is 10.9. The summed E-state index contributed by atoms with van der Waals surface area (Å²) in [5, 5.41) is 0. The number of hydrogen-bond acceptors (Lipinski definition) is 1. The molecule has 0 aromatic heterocycles. The van der Waals surface area contributed by atoms with Crippen molar-refractivity contribution in [2.24, 2.45) is 0 Å². The predicted molar refractivity (Wildman–Crippen MR) is 81.6 cm³/mol. The number of rotatable bonds is 3. The van der Waals surface area contributed by atoms with Crippen LogP contribution in [0.15, 0.2) is 46.9 Å². The van der Waals surface area contributed by atoms with Gasteiger partial charge in [0.2, 0.25) is 0 Å². The highest BCUT2D eigenvalue weighted by molar-refractivity contribution is 9.10. The van der Waals surface area contributed by atoms with Crippen LogP contribution in [0.3, 0.4) is 0 Å².